The number of likely N-dealkylation sites (tertiary alicyclic amines) is 1. The number of Topliss-reactive ketones (excluding diaryl/α,β-unsaturated/α-hetero) is 1. The number of aromatic nitrogens is 2. The maximum absolute atomic E-state index is 11.2. The fourth-order valence-electron chi connectivity index (χ4n) is 3.25. The van der Waals surface area contributed by atoms with Gasteiger partial charge in [-0.1, -0.05) is 0 Å². The summed E-state index contributed by atoms with van der Waals surface area (Å²) in [5, 5.41) is 0. The van der Waals surface area contributed by atoms with Gasteiger partial charge in [0.1, 0.15) is 5.78 Å². The summed E-state index contributed by atoms with van der Waals surface area (Å²) in [5.74, 6) is 2.42. The number of carbonyl (C=O) groups excluding carboxylic acids is 1. The first-order valence-electron chi connectivity index (χ1n) is 6.87. The number of hydrogen-bond acceptors (Lipinski definition) is 5. The second-order valence-electron chi connectivity index (χ2n) is 5.88. The fraction of sp³-hybridized carbons (Fsp3) is 0.643. The Balaban J connectivity index is 1.61. The summed E-state index contributed by atoms with van der Waals surface area (Å²) in [4.78, 5) is 24.5. The Hall–Kier alpha value is -1.49. The molecule has 0 unspecified atom stereocenters. The molecule has 0 radical (unpaired) electrons. The van der Waals surface area contributed by atoms with E-state index in [9.17, 15) is 4.79 Å². The van der Waals surface area contributed by atoms with Crippen molar-refractivity contribution in [1.82, 2.24) is 14.9 Å². The highest BCUT2D eigenvalue weighted by Gasteiger charge is 2.40. The largest absolute Gasteiger partial charge is 0.340 e. The van der Waals surface area contributed by atoms with Crippen LogP contribution in [0.5, 0.6) is 0 Å². The summed E-state index contributed by atoms with van der Waals surface area (Å²) >= 11 is 0. The summed E-state index contributed by atoms with van der Waals surface area (Å²) in [7, 11) is 0. The lowest BCUT2D eigenvalue weighted by atomic mass is 10.0. The molecule has 0 aromatic carbocycles. The van der Waals surface area contributed by atoms with E-state index in [1.807, 2.05) is 19.3 Å². The predicted molar refractivity (Wildman–Crippen MR) is 73.1 cm³/mol. The number of ketones is 1. The molecule has 0 N–H and O–H groups in total. The zero-order chi connectivity index (χ0) is 13.4. The van der Waals surface area contributed by atoms with Crippen LogP contribution in [0.2, 0.25) is 0 Å². The molecule has 0 bridgehead atoms. The molecule has 0 spiro atoms. The minimum absolute atomic E-state index is 0.263. The van der Waals surface area contributed by atoms with E-state index in [2.05, 4.69) is 19.8 Å². The lowest BCUT2D eigenvalue weighted by Crippen LogP contribution is -2.32. The van der Waals surface area contributed by atoms with Crippen LogP contribution < -0.4 is 4.90 Å². The van der Waals surface area contributed by atoms with Crippen LogP contribution in [0.25, 0.3) is 0 Å². The average molecular weight is 260 g/mol. The Morgan fingerprint density at radius 1 is 1.21 bits per heavy atom. The molecule has 3 rings (SSSR count). The molecule has 2 atom stereocenters. The summed E-state index contributed by atoms with van der Waals surface area (Å²) in [6, 6.07) is 0. The highest BCUT2D eigenvalue weighted by Crippen LogP contribution is 2.32. The van der Waals surface area contributed by atoms with Crippen molar-refractivity contribution < 1.29 is 4.79 Å². The van der Waals surface area contributed by atoms with Gasteiger partial charge < -0.3 is 4.90 Å². The maximum Gasteiger partial charge on any atom is 0.225 e. The van der Waals surface area contributed by atoms with Crippen molar-refractivity contribution in [3.8, 4) is 0 Å². The molecule has 1 aromatic rings. The summed E-state index contributed by atoms with van der Waals surface area (Å²) in [6.07, 6.45) is 3.75. The summed E-state index contributed by atoms with van der Waals surface area (Å²) in [6.45, 7) is 8.38. The first kappa shape index (κ1) is 12.5. The van der Waals surface area contributed by atoms with Gasteiger partial charge in [-0.15, -0.1) is 0 Å². The Morgan fingerprint density at radius 2 is 1.79 bits per heavy atom. The van der Waals surface area contributed by atoms with Crippen LogP contribution in [0.3, 0.4) is 0 Å². The smallest absolute Gasteiger partial charge is 0.225 e. The van der Waals surface area contributed by atoms with Gasteiger partial charge in [0.25, 0.3) is 0 Å². The first-order valence-corrected chi connectivity index (χ1v) is 6.87. The minimum atomic E-state index is 0.263. The normalized spacial score (nSPS) is 26.7. The van der Waals surface area contributed by atoms with Crippen molar-refractivity contribution in [2.45, 2.75) is 13.8 Å². The quantitative estimate of drug-likeness (QED) is 0.802. The predicted octanol–water partition coefficient (Wildman–Crippen LogP) is 0.742. The fourth-order valence-corrected chi connectivity index (χ4v) is 3.25. The van der Waals surface area contributed by atoms with Crippen molar-refractivity contribution in [2.75, 3.05) is 37.6 Å². The molecule has 19 heavy (non-hydrogen) atoms. The molecule has 5 nitrogen and oxygen atoms in total. The third-order valence-corrected chi connectivity index (χ3v) is 4.06. The first-order chi connectivity index (χ1) is 9.11. The van der Waals surface area contributed by atoms with Crippen molar-refractivity contribution in [3.05, 3.63) is 18.0 Å². The maximum atomic E-state index is 11.2. The number of aryl methyl sites for hydroxylation is 1. The molecule has 0 aliphatic carbocycles. The van der Waals surface area contributed by atoms with Gasteiger partial charge >= 0.3 is 0 Å². The van der Waals surface area contributed by atoms with E-state index in [0.29, 0.717) is 18.4 Å². The number of carbonyl (C=O) groups is 1. The van der Waals surface area contributed by atoms with E-state index < -0.39 is 0 Å². The van der Waals surface area contributed by atoms with Gasteiger partial charge in [-0.3, -0.25) is 9.69 Å². The van der Waals surface area contributed by atoms with E-state index >= 15 is 0 Å². The monoisotopic (exact) mass is 260 g/mol. The van der Waals surface area contributed by atoms with Crippen LogP contribution in [-0.2, 0) is 4.79 Å². The molecule has 5 heteroatoms. The molecular weight excluding hydrogens is 240 g/mol. The second-order valence-corrected chi connectivity index (χ2v) is 5.88. The van der Waals surface area contributed by atoms with Gasteiger partial charge in [-0.25, -0.2) is 9.97 Å². The van der Waals surface area contributed by atoms with Crippen molar-refractivity contribution in [3.63, 3.8) is 0 Å². The third-order valence-electron chi connectivity index (χ3n) is 4.06. The minimum Gasteiger partial charge on any atom is -0.340 e. The van der Waals surface area contributed by atoms with Crippen LogP contribution in [0.1, 0.15) is 12.5 Å². The molecule has 2 aliphatic rings. The van der Waals surface area contributed by atoms with E-state index in [0.717, 1.165) is 37.7 Å². The number of rotatable bonds is 3. The molecule has 2 aliphatic heterocycles. The second kappa shape index (κ2) is 4.89. The molecule has 3 heterocycles. The van der Waals surface area contributed by atoms with Crippen molar-refractivity contribution in [2.24, 2.45) is 11.8 Å². The zero-order valence-corrected chi connectivity index (χ0v) is 11.5. The van der Waals surface area contributed by atoms with Gasteiger partial charge in [0.05, 0.1) is 6.54 Å². The number of hydrogen-bond donors (Lipinski definition) is 0. The van der Waals surface area contributed by atoms with Gasteiger partial charge in [0.15, 0.2) is 0 Å². The average Bonchev–Trinajstić information content (AvgIpc) is 2.86. The number of nitrogens with zero attached hydrogens (tertiary/aromatic N) is 4. The lowest BCUT2D eigenvalue weighted by Gasteiger charge is -2.20. The van der Waals surface area contributed by atoms with Crippen LogP contribution in [0.4, 0.5) is 5.95 Å². The van der Waals surface area contributed by atoms with Crippen LogP contribution in [-0.4, -0.2) is 53.4 Å². The molecule has 1 aromatic heterocycles. The van der Waals surface area contributed by atoms with Crippen LogP contribution in [0, 0.1) is 18.8 Å². The van der Waals surface area contributed by atoms with Crippen molar-refractivity contribution >= 4 is 11.7 Å². The number of fused-ring (bicyclic) bond motifs is 1. The Morgan fingerprint density at radius 3 is 2.32 bits per heavy atom. The molecular formula is C14H20N4O. The Labute approximate surface area is 113 Å². The van der Waals surface area contributed by atoms with E-state index in [4.69, 9.17) is 0 Å². The highest BCUT2D eigenvalue weighted by molar-refractivity contribution is 5.77. The molecule has 0 saturated carbocycles. The van der Waals surface area contributed by atoms with E-state index in [1.54, 1.807) is 6.92 Å². The van der Waals surface area contributed by atoms with Crippen molar-refractivity contribution in [1.29, 1.82) is 0 Å². The van der Waals surface area contributed by atoms with E-state index in [1.165, 1.54) is 0 Å². The molecule has 2 saturated heterocycles. The van der Waals surface area contributed by atoms with Gasteiger partial charge in [0.2, 0.25) is 5.95 Å². The van der Waals surface area contributed by atoms with Crippen LogP contribution >= 0.6 is 0 Å². The van der Waals surface area contributed by atoms with Gasteiger partial charge in [-0.05, 0) is 31.2 Å². The zero-order valence-electron chi connectivity index (χ0n) is 11.5. The Bertz CT molecular complexity index is 459. The SMILES string of the molecule is CC(=O)CN1C[C@@H]2CN(c3ncc(C)cn3)C[C@@H]2C1. The molecule has 0 amide bonds. The lowest BCUT2D eigenvalue weighted by molar-refractivity contribution is -0.117. The standard InChI is InChI=1S/C14H20N4O/c1-10-3-15-14(16-4-10)18-8-12-6-17(5-11(2)19)7-13(12)9-18/h3-4,12-13H,5-9H2,1-2H3/t12-,13+. The topological polar surface area (TPSA) is 49.3 Å². The van der Waals surface area contributed by atoms with E-state index in [-0.39, 0.29) is 5.78 Å². The summed E-state index contributed by atoms with van der Waals surface area (Å²) in [5.41, 5.74) is 1.09. The number of anilines is 1. The van der Waals surface area contributed by atoms with Gasteiger partial charge in [0, 0.05) is 38.6 Å². The van der Waals surface area contributed by atoms with Gasteiger partial charge in [-0.2, -0.15) is 0 Å². The van der Waals surface area contributed by atoms with Crippen LogP contribution in [0.15, 0.2) is 12.4 Å². The third kappa shape index (κ3) is 2.61. The molecule has 2 fully saturated rings. The Kier molecular flexibility index (Phi) is 3.22. The highest BCUT2D eigenvalue weighted by atomic mass is 16.1. The molecule has 102 valence electrons. The summed E-state index contributed by atoms with van der Waals surface area (Å²) < 4.78 is 0.